The molecule has 0 saturated heterocycles. The Morgan fingerprint density at radius 2 is 2.11 bits per heavy atom. The van der Waals surface area contributed by atoms with E-state index in [1.54, 1.807) is 6.26 Å². The number of hydrogen-bond acceptors (Lipinski definition) is 3. The van der Waals surface area contributed by atoms with Gasteiger partial charge in [-0.2, -0.15) is 0 Å². The molecule has 2 rings (SSSR count). The summed E-state index contributed by atoms with van der Waals surface area (Å²) >= 11 is 0. The summed E-state index contributed by atoms with van der Waals surface area (Å²) in [5.74, 6) is 0.405. The topological polar surface area (TPSA) is 54.3 Å². The van der Waals surface area contributed by atoms with E-state index in [9.17, 15) is 4.79 Å². The van der Waals surface area contributed by atoms with Crippen LogP contribution >= 0.6 is 0 Å². The molecular weight excluding hydrogens is 240 g/mol. The number of nitrogens with one attached hydrogen (secondary N) is 2. The van der Waals surface area contributed by atoms with Gasteiger partial charge in [0.15, 0.2) is 0 Å². The lowest BCUT2D eigenvalue weighted by Crippen LogP contribution is -2.42. The first-order chi connectivity index (χ1) is 9.13. The quantitative estimate of drug-likeness (QED) is 0.868. The van der Waals surface area contributed by atoms with Crippen molar-refractivity contribution in [2.45, 2.75) is 19.9 Å². The number of fused-ring (bicyclic) bond motifs is 1. The fourth-order valence-electron chi connectivity index (χ4n) is 2.16. The van der Waals surface area contributed by atoms with Crippen LogP contribution in [-0.4, -0.2) is 25.5 Å². The largest absolute Gasteiger partial charge is 0.464 e. The number of carbonyl (C=O) groups is 1. The number of amides is 1. The van der Waals surface area contributed by atoms with Crippen molar-refractivity contribution in [2.24, 2.45) is 5.92 Å². The maximum Gasteiger partial charge on any atom is 0.252 e. The Kier molecular flexibility index (Phi) is 4.22. The fraction of sp³-hybridized carbons (Fsp3) is 0.400. The monoisotopic (exact) mass is 260 g/mol. The number of furan rings is 1. The minimum absolute atomic E-state index is 0.0621. The van der Waals surface area contributed by atoms with Gasteiger partial charge in [0.1, 0.15) is 5.58 Å². The first kappa shape index (κ1) is 13.6. The molecule has 19 heavy (non-hydrogen) atoms. The molecule has 0 saturated carbocycles. The van der Waals surface area contributed by atoms with Crippen LogP contribution in [0.5, 0.6) is 0 Å². The van der Waals surface area contributed by atoms with Crippen molar-refractivity contribution < 1.29 is 9.21 Å². The molecule has 1 heterocycles. The average Bonchev–Trinajstić information content (AvgIpc) is 2.86. The van der Waals surface area contributed by atoms with E-state index in [1.165, 1.54) is 0 Å². The SMILES string of the molecule is CN[C@@H](CNC(=O)c1cccc2occc12)C(C)C. The summed E-state index contributed by atoms with van der Waals surface area (Å²) in [6.07, 6.45) is 1.60. The van der Waals surface area contributed by atoms with Crippen LogP contribution in [0.1, 0.15) is 24.2 Å². The summed E-state index contributed by atoms with van der Waals surface area (Å²) in [5, 5.41) is 7.03. The van der Waals surface area contributed by atoms with Crippen molar-refractivity contribution in [2.75, 3.05) is 13.6 Å². The normalized spacial score (nSPS) is 12.8. The second kappa shape index (κ2) is 5.89. The summed E-state index contributed by atoms with van der Waals surface area (Å²) in [4.78, 5) is 12.2. The Morgan fingerprint density at radius 3 is 2.79 bits per heavy atom. The first-order valence-electron chi connectivity index (χ1n) is 6.55. The van der Waals surface area contributed by atoms with E-state index >= 15 is 0 Å². The lowest BCUT2D eigenvalue weighted by Gasteiger charge is -2.20. The zero-order valence-electron chi connectivity index (χ0n) is 11.6. The van der Waals surface area contributed by atoms with Gasteiger partial charge in [-0.1, -0.05) is 19.9 Å². The molecule has 4 heteroatoms. The van der Waals surface area contributed by atoms with Gasteiger partial charge in [0.25, 0.3) is 5.91 Å². The average molecular weight is 260 g/mol. The second-order valence-corrected chi connectivity index (χ2v) is 4.99. The van der Waals surface area contributed by atoms with Crippen LogP contribution in [0.4, 0.5) is 0 Å². The van der Waals surface area contributed by atoms with Gasteiger partial charge in [-0.3, -0.25) is 4.79 Å². The van der Waals surface area contributed by atoms with Gasteiger partial charge < -0.3 is 15.1 Å². The maximum absolute atomic E-state index is 12.2. The number of likely N-dealkylation sites (N-methyl/N-ethyl adjacent to an activating group) is 1. The zero-order chi connectivity index (χ0) is 13.8. The van der Waals surface area contributed by atoms with Crippen molar-refractivity contribution in [3.05, 3.63) is 36.1 Å². The third-order valence-corrected chi connectivity index (χ3v) is 3.40. The Labute approximate surface area is 113 Å². The molecule has 0 aliphatic rings. The molecule has 1 amide bonds. The summed E-state index contributed by atoms with van der Waals surface area (Å²) in [5.41, 5.74) is 1.39. The molecule has 2 N–H and O–H groups in total. The number of carbonyl (C=O) groups excluding carboxylic acids is 1. The van der Waals surface area contributed by atoms with Crippen LogP contribution in [0.15, 0.2) is 34.9 Å². The summed E-state index contributed by atoms with van der Waals surface area (Å²) in [6, 6.07) is 7.60. The van der Waals surface area contributed by atoms with E-state index in [-0.39, 0.29) is 11.9 Å². The van der Waals surface area contributed by atoms with Crippen LogP contribution in [0.3, 0.4) is 0 Å². The molecule has 0 bridgehead atoms. The lowest BCUT2D eigenvalue weighted by atomic mass is 10.0. The molecule has 102 valence electrons. The summed E-state index contributed by atoms with van der Waals surface area (Å²) in [7, 11) is 1.91. The highest BCUT2D eigenvalue weighted by molar-refractivity contribution is 6.05. The smallest absolute Gasteiger partial charge is 0.252 e. The van der Waals surface area contributed by atoms with Gasteiger partial charge >= 0.3 is 0 Å². The first-order valence-corrected chi connectivity index (χ1v) is 6.55. The number of rotatable bonds is 5. The maximum atomic E-state index is 12.2. The van der Waals surface area contributed by atoms with Crippen LogP contribution in [-0.2, 0) is 0 Å². The van der Waals surface area contributed by atoms with Gasteiger partial charge in [0.05, 0.1) is 11.8 Å². The van der Waals surface area contributed by atoms with E-state index < -0.39 is 0 Å². The zero-order valence-corrected chi connectivity index (χ0v) is 11.6. The minimum Gasteiger partial charge on any atom is -0.464 e. The molecule has 1 aromatic heterocycles. The number of benzene rings is 1. The predicted molar refractivity (Wildman–Crippen MR) is 76.2 cm³/mol. The van der Waals surface area contributed by atoms with E-state index in [0.717, 1.165) is 11.0 Å². The third kappa shape index (κ3) is 2.96. The Hall–Kier alpha value is -1.81. The Balaban J connectivity index is 2.10. The molecule has 1 aromatic carbocycles. The Bertz CT molecular complexity index is 560. The molecule has 1 atom stereocenters. The highest BCUT2D eigenvalue weighted by Gasteiger charge is 2.15. The molecule has 0 radical (unpaired) electrons. The van der Waals surface area contributed by atoms with E-state index in [4.69, 9.17) is 4.42 Å². The second-order valence-electron chi connectivity index (χ2n) is 4.99. The van der Waals surface area contributed by atoms with Crippen molar-refractivity contribution in [1.29, 1.82) is 0 Å². The molecule has 0 aliphatic heterocycles. The van der Waals surface area contributed by atoms with Crippen molar-refractivity contribution >= 4 is 16.9 Å². The number of hydrogen-bond donors (Lipinski definition) is 2. The highest BCUT2D eigenvalue weighted by atomic mass is 16.3. The molecule has 0 spiro atoms. The van der Waals surface area contributed by atoms with E-state index in [1.807, 2.05) is 31.3 Å². The van der Waals surface area contributed by atoms with Gasteiger partial charge in [-0.25, -0.2) is 0 Å². The van der Waals surface area contributed by atoms with E-state index in [0.29, 0.717) is 18.0 Å². The molecule has 4 nitrogen and oxygen atoms in total. The summed E-state index contributed by atoms with van der Waals surface area (Å²) < 4.78 is 5.30. The van der Waals surface area contributed by atoms with Crippen molar-refractivity contribution in [3.8, 4) is 0 Å². The van der Waals surface area contributed by atoms with Gasteiger partial charge in [-0.15, -0.1) is 0 Å². The van der Waals surface area contributed by atoms with Crippen LogP contribution in [0.25, 0.3) is 11.0 Å². The third-order valence-electron chi connectivity index (χ3n) is 3.40. The standard InChI is InChI=1S/C15H20N2O2/c1-10(2)13(16-3)9-17-15(18)12-5-4-6-14-11(12)7-8-19-14/h4-8,10,13,16H,9H2,1-3H3,(H,17,18)/t13-/m0/s1. The summed E-state index contributed by atoms with van der Waals surface area (Å²) in [6.45, 7) is 4.87. The molecular formula is C15H20N2O2. The van der Waals surface area contributed by atoms with Crippen LogP contribution < -0.4 is 10.6 Å². The van der Waals surface area contributed by atoms with Crippen LogP contribution in [0.2, 0.25) is 0 Å². The van der Waals surface area contributed by atoms with Gasteiger partial charge in [0.2, 0.25) is 0 Å². The van der Waals surface area contributed by atoms with E-state index in [2.05, 4.69) is 24.5 Å². The van der Waals surface area contributed by atoms with Crippen molar-refractivity contribution in [1.82, 2.24) is 10.6 Å². The van der Waals surface area contributed by atoms with Crippen LogP contribution in [0, 0.1) is 5.92 Å². The molecule has 0 aliphatic carbocycles. The molecule has 2 aromatic rings. The van der Waals surface area contributed by atoms with Crippen molar-refractivity contribution in [3.63, 3.8) is 0 Å². The molecule has 0 unspecified atom stereocenters. The minimum atomic E-state index is -0.0621. The lowest BCUT2D eigenvalue weighted by molar-refractivity contribution is 0.0949. The van der Waals surface area contributed by atoms with Gasteiger partial charge in [0, 0.05) is 18.0 Å². The predicted octanol–water partition coefficient (Wildman–Crippen LogP) is 2.41. The molecule has 0 fully saturated rings. The van der Waals surface area contributed by atoms with Gasteiger partial charge in [-0.05, 0) is 31.2 Å². The fourth-order valence-corrected chi connectivity index (χ4v) is 2.16. The highest BCUT2D eigenvalue weighted by Crippen LogP contribution is 2.19. The Morgan fingerprint density at radius 1 is 1.32 bits per heavy atom.